The lowest BCUT2D eigenvalue weighted by Crippen LogP contribution is -2.55. The molecule has 0 aromatic rings. The van der Waals surface area contributed by atoms with E-state index in [1.54, 1.807) is 6.92 Å². The maximum Gasteiger partial charge on any atom is 0.522 e. The summed E-state index contributed by atoms with van der Waals surface area (Å²) >= 11 is 0. The summed E-state index contributed by atoms with van der Waals surface area (Å²) in [4.78, 5) is 37.2. The van der Waals surface area contributed by atoms with E-state index in [1.807, 2.05) is 13.8 Å². The number of carbonyl (C=O) groups excluding carboxylic acids is 3. The minimum absolute atomic E-state index is 0.00576. The van der Waals surface area contributed by atoms with E-state index >= 15 is 0 Å². The van der Waals surface area contributed by atoms with Crippen molar-refractivity contribution < 1.29 is 42.1 Å². The van der Waals surface area contributed by atoms with Crippen LogP contribution < -0.4 is 16.0 Å². The normalized spacial score (nSPS) is 20.4. The van der Waals surface area contributed by atoms with E-state index in [2.05, 4.69) is 20.7 Å². The van der Waals surface area contributed by atoms with Gasteiger partial charge < -0.3 is 25.8 Å². The molecule has 12 heteroatoms. The van der Waals surface area contributed by atoms with Crippen LogP contribution in [0.1, 0.15) is 46.5 Å². The van der Waals surface area contributed by atoms with Gasteiger partial charge in [-0.15, -0.1) is 13.2 Å². The van der Waals surface area contributed by atoms with Crippen molar-refractivity contribution in [2.45, 2.75) is 77.1 Å². The first-order valence-corrected chi connectivity index (χ1v) is 10.7. The Morgan fingerprint density at radius 2 is 1.91 bits per heavy atom. The summed E-state index contributed by atoms with van der Waals surface area (Å²) in [7, 11) is 1.37. The van der Waals surface area contributed by atoms with Crippen LogP contribution in [0.15, 0.2) is 0 Å². The van der Waals surface area contributed by atoms with E-state index < -0.39 is 55.0 Å². The lowest BCUT2D eigenvalue weighted by molar-refractivity contribution is -0.331. The number of alkyl halides is 3. The summed E-state index contributed by atoms with van der Waals surface area (Å²) in [6.45, 7) is 4.72. The number of aliphatic hydroxyl groups excluding tert-OH is 1. The first-order chi connectivity index (χ1) is 14.9. The molecule has 1 aliphatic heterocycles. The quantitative estimate of drug-likeness (QED) is 0.317. The number of halogens is 3. The van der Waals surface area contributed by atoms with Crippen LogP contribution in [0.4, 0.5) is 13.2 Å². The van der Waals surface area contributed by atoms with Crippen molar-refractivity contribution >= 4 is 17.7 Å². The van der Waals surface area contributed by atoms with Gasteiger partial charge in [-0.1, -0.05) is 20.8 Å². The van der Waals surface area contributed by atoms with E-state index in [1.165, 1.54) is 7.11 Å². The van der Waals surface area contributed by atoms with Crippen LogP contribution in [0.2, 0.25) is 0 Å². The minimum atomic E-state index is -4.95. The van der Waals surface area contributed by atoms with Crippen LogP contribution >= 0.6 is 0 Å². The van der Waals surface area contributed by atoms with Gasteiger partial charge in [0.1, 0.15) is 12.1 Å². The third kappa shape index (κ3) is 9.70. The van der Waals surface area contributed by atoms with Crippen LogP contribution in [0, 0.1) is 11.8 Å². The molecule has 1 fully saturated rings. The molecule has 0 radical (unpaired) electrons. The summed E-state index contributed by atoms with van der Waals surface area (Å²) in [6.07, 6.45) is -6.44. The van der Waals surface area contributed by atoms with Crippen LogP contribution in [-0.4, -0.2) is 73.7 Å². The van der Waals surface area contributed by atoms with Crippen molar-refractivity contribution in [3.8, 4) is 0 Å². The molecule has 0 aromatic carbocycles. The Morgan fingerprint density at radius 3 is 2.38 bits per heavy atom. The molecule has 1 heterocycles. The zero-order valence-electron chi connectivity index (χ0n) is 18.8. The number of ether oxygens (including phenoxy) is 2. The number of aliphatic hydroxyl groups is 1. The van der Waals surface area contributed by atoms with Gasteiger partial charge in [-0.3, -0.25) is 19.1 Å². The number of hydrogen-bond acceptors (Lipinski definition) is 6. The van der Waals surface area contributed by atoms with Gasteiger partial charge in [-0.25, -0.2) is 0 Å². The zero-order chi connectivity index (χ0) is 24.5. The van der Waals surface area contributed by atoms with Crippen LogP contribution in [0.25, 0.3) is 0 Å². The molecule has 0 aliphatic carbocycles. The standard InChI is InChI=1S/C20H34F3N3O6/c1-5-16(31-4)19(30)26-14(8-11(2)3)18(29)25-13(9-12-6-7-24-17(12)28)15(27)10-32-20(21,22)23/h11-16,27H,5-10H2,1-4H3,(H,24,28)(H,25,29)(H,26,30)/t12-,13-,14-,15?,16+/m0/s1. The molecule has 1 unspecified atom stereocenters. The van der Waals surface area contributed by atoms with Crippen molar-refractivity contribution in [2.75, 3.05) is 20.3 Å². The molecular weight excluding hydrogens is 435 g/mol. The highest BCUT2D eigenvalue weighted by molar-refractivity contribution is 5.89. The van der Waals surface area contributed by atoms with Gasteiger partial charge in [-0.2, -0.15) is 0 Å². The van der Waals surface area contributed by atoms with Crippen molar-refractivity contribution in [1.82, 2.24) is 16.0 Å². The number of rotatable bonds is 13. The molecular formula is C20H34F3N3O6. The van der Waals surface area contributed by atoms with Crippen LogP contribution in [0.5, 0.6) is 0 Å². The number of nitrogens with one attached hydrogen (secondary N) is 3. The molecule has 0 bridgehead atoms. The monoisotopic (exact) mass is 469 g/mol. The van der Waals surface area contributed by atoms with E-state index in [0.717, 1.165) is 0 Å². The number of hydrogen-bond donors (Lipinski definition) is 4. The number of methoxy groups -OCH3 is 1. The summed E-state index contributed by atoms with van der Waals surface area (Å²) in [5, 5.41) is 18.0. The van der Waals surface area contributed by atoms with Gasteiger partial charge in [0.15, 0.2) is 0 Å². The van der Waals surface area contributed by atoms with Gasteiger partial charge in [-0.05, 0) is 31.6 Å². The molecule has 1 rings (SSSR count). The Labute approximate surface area is 185 Å². The maximum absolute atomic E-state index is 12.9. The highest BCUT2D eigenvalue weighted by atomic mass is 19.4. The number of amides is 3. The lowest BCUT2D eigenvalue weighted by Gasteiger charge is -2.29. The molecule has 4 N–H and O–H groups in total. The smallest absolute Gasteiger partial charge is 0.389 e. The fourth-order valence-corrected chi connectivity index (χ4v) is 3.49. The summed E-state index contributed by atoms with van der Waals surface area (Å²) < 4.78 is 46.1. The summed E-state index contributed by atoms with van der Waals surface area (Å²) in [6, 6.07) is -2.18. The van der Waals surface area contributed by atoms with Gasteiger partial charge in [0.25, 0.3) is 0 Å². The Kier molecular flexibility index (Phi) is 11.4. The molecule has 5 atom stereocenters. The van der Waals surface area contributed by atoms with Gasteiger partial charge >= 0.3 is 6.36 Å². The number of carbonyl (C=O) groups is 3. The molecule has 9 nitrogen and oxygen atoms in total. The fourth-order valence-electron chi connectivity index (χ4n) is 3.49. The Morgan fingerprint density at radius 1 is 1.25 bits per heavy atom. The summed E-state index contributed by atoms with van der Waals surface area (Å²) in [5.41, 5.74) is 0. The highest BCUT2D eigenvalue weighted by Crippen LogP contribution is 2.21. The summed E-state index contributed by atoms with van der Waals surface area (Å²) in [5.74, 6) is -2.04. The van der Waals surface area contributed by atoms with Gasteiger partial charge in [0.2, 0.25) is 17.7 Å². The fraction of sp³-hybridized carbons (Fsp3) is 0.850. The lowest BCUT2D eigenvalue weighted by atomic mass is 9.94. The maximum atomic E-state index is 12.9. The average molecular weight is 470 g/mol. The first kappa shape index (κ1) is 28.1. The molecule has 186 valence electrons. The molecule has 32 heavy (non-hydrogen) atoms. The average Bonchev–Trinajstić information content (AvgIpc) is 3.09. The SMILES string of the molecule is CC[C@@H](OC)C(=O)N[C@@H](CC(C)C)C(=O)N[C@@H](C[C@@H]1CCNC1=O)C(O)COC(F)(F)F. The second-order valence-electron chi connectivity index (χ2n) is 8.27. The van der Waals surface area contributed by atoms with Gasteiger partial charge in [0.05, 0.1) is 18.8 Å². The second kappa shape index (κ2) is 12.9. The van der Waals surface area contributed by atoms with E-state index in [-0.39, 0.29) is 24.7 Å². The molecule has 0 saturated carbocycles. The van der Waals surface area contributed by atoms with Crippen molar-refractivity contribution in [3.05, 3.63) is 0 Å². The Bertz CT molecular complexity index is 628. The third-order valence-corrected chi connectivity index (χ3v) is 5.20. The van der Waals surface area contributed by atoms with E-state index in [9.17, 15) is 32.7 Å². The largest absolute Gasteiger partial charge is 0.522 e. The molecule has 1 saturated heterocycles. The first-order valence-electron chi connectivity index (χ1n) is 10.7. The molecule has 0 aromatic heterocycles. The van der Waals surface area contributed by atoms with Crippen molar-refractivity contribution in [1.29, 1.82) is 0 Å². The van der Waals surface area contributed by atoms with Crippen LogP contribution in [-0.2, 0) is 23.9 Å². The van der Waals surface area contributed by atoms with E-state index in [0.29, 0.717) is 19.4 Å². The molecule has 1 aliphatic rings. The third-order valence-electron chi connectivity index (χ3n) is 5.20. The van der Waals surface area contributed by atoms with E-state index in [4.69, 9.17) is 4.74 Å². The molecule has 3 amide bonds. The minimum Gasteiger partial charge on any atom is -0.389 e. The second-order valence-corrected chi connectivity index (χ2v) is 8.27. The predicted molar refractivity (Wildman–Crippen MR) is 108 cm³/mol. The predicted octanol–water partition coefficient (Wildman–Crippen LogP) is 0.851. The molecule has 0 spiro atoms. The Hall–Kier alpha value is -1.92. The van der Waals surface area contributed by atoms with Crippen molar-refractivity contribution in [3.63, 3.8) is 0 Å². The topological polar surface area (TPSA) is 126 Å². The highest BCUT2D eigenvalue weighted by Gasteiger charge is 2.36. The Balaban J connectivity index is 2.96. The van der Waals surface area contributed by atoms with Crippen LogP contribution in [0.3, 0.4) is 0 Å². The van der Waals surface area contributed by atoms with Crippen molar-refractivity contribution in [2.24, 2.45) is 11.8 Å². The zero-order valence-corrected chi connectivity index (χ0v) is 18.8. The van der Waals surface area contributed by atoms with Gasteiger partial charge in [0, 0.05) is 19.6 Å².